The lowest BCUT2D eigenvalue weighted by Crippen LogP contribution is -2.32. The lowest BCUT2D eigenvalue weighted by Gasteiger charge is -2.17. The van der Waals surface area contributed by atoms with Crippen LogP contribution in [0, 0.1) is 5.92 Å². The van der Waals surface area contributed by atoms with Crippen molar-refractivity contribution < 1.29 is 17.9 Å². The van der Waals surface area contributed by atoms with Crippen molar-refractivity contribution in [1.29, 1.82) is 0 Å². The fourth-order valence-corrected chi connectivity index (χ4v) is 4.58. The highest BCUT2D eigenvalue weighted by atomic mass is 79.9. The number of benzene rings is 1. The molecule has 0 saturated heterocycles. The molecule has 0 spiro atoms. The first-order valence-electron chi connectivity index (χ1n) is 7.65. The van der Waals surface area contributed by atoms with Crippen LogP contribution < -0.4 is 14.2 Å². The minimum Gasteiger partial charge on any atom is -0.493 e. The average molecular weight is 408 g/mol. The van der Waals surface area contributed by atoms with Crippen LogP contribution >= 0.6 is 15.9 Å². The van der Waals surface area contributed by atoms with E-state index in [2.05, 4.69) is 34.5 Å². The number of hydrogen-bond acceptors (Lipinski definition) is 4. The number of ether oxygens (including phenoxy) is 2. The molecule has 0 fully saturated rings. The molecule has 0 unspecified atom stereocenters. The van der Waals surface area contributed by atoms with Gasteiger partial charge in [-0.2, -0.15) is 0 Å². The molecule has 0 aliphatic rings. The standard InChI is InChI=1S/C16H26BrNO4S/c1-11(2)7-6-8-12(3)18-23(19,20)16-10-15(22-5)14(21-4)9-13(16)17/h9-12,18H,6-8H2,1-5H3/t12-/m1/s1. The SMILES string of the molecule is COc1cc(Br)c(S(=O)(=O)N[C@H](C)CCCC(C)C)cc1OC. The number of nitrogens with one attached hydrogen (secondary N) is 1. The second-order valence-corrected chi connectivity index (χ2v) is 8.52. The molecule has 0 heterocycles. The molecule has 132 valence electrons. The first kappa shape index (κ1) is 20.3. The van der Waals surface area contributed by atoms with Gasteiger partial charge in [0.05, 0.1) is 14.2 Å². The van der Waals surface area contributed by atoms with E-state index >= 15 is 0 Å². The smallest absolute Gasteiger partial charge is 0.242 e. The van der Waals surface area contributed by atoms with Crippen LogP contribution in [0.1, 0.15) is 40.0 Å². The molecule has 0 aromatic heterocycles. The molecule has 0 aliphatic carbocycles. The minimum absolute atomic E-state index is 0.126. The van der Waals surface area contributed by atoms with E-state index in [0.29, 0.717) is 21.9 Å². The highest BCUT2D eigenvalue weighted by molar-refractivity contribution is 9.10. The van der Waals surface area contributed by atoms with Crippen LogP contribution in [0.15, 0.2) is 21.5 Å². The van der Waals surface area contributed by atoms with Gasteiger partial charge in [-0.15, -0.1) is 0 Å². The van der Waals surface area contributed by atoms with E-state index in [1.165, 1.54) is 20.3 Å². The van der Waals surface area contributed by atoms with Crippen molar-refractivity contribution in [2.24, 2.45) is 5.92 Å². The second kappa shape index (κ2) is 8.89. The van der Waals surface area contributed by atoms with Crippen LogP contribution in [0.5, 0.6) is 11.5 Å². The van der Waals surface area contributed by atoms with Crippen molar-refractivity contribution >= 4 is 26.0 Å². The maximum absolute atomic E-state index is 12.6. The van der Waals surface area contributed by atoms with Gasteiger partial charge >= 0.3 is 0 Å². The molecule has 7 heteroatoms. The summed E-state index contributed by atoms with van der Waals surface area (Å²) in [6.07, 6.45) is 2.89. The van der Waals surface area contributed by atoms with E-state index in [0.717, 1.165) is 19.3 Å². The Balaban J connectivity index is 2.91. The summed E-state index contributed by atoms with van der Waals surface area (Å²) in [4.78, 5) is 0.144. The molecule has 1 N–H and O–H groups in total. The van der Waals surface area contributed by atoms with Gasteiger partial charge in [0.25, 0.3) is 0 Å². The van der Waals surface area contributed by atoms with Gasteiger partial charge in [-0.3, -0.25) is 0 Å². The summed E-state index contributed by atoms with van der Waals surface area (Å²) in [7, 11) is -0.647. The zero-order valence-corrected chi connectivity index (χ0v) is 16.8. The molecule has 1 rings (SSSR count). The molecule has 0 amide bonds. The first-order valence-corrected chi connectivity index (χ1v) is 9.92. The molecule has 0 saturated carbocycles. The summed E-state index contributed by atoms with van der Waals surface area (Å²) >= 11 is 3.29. The Morgan fingerprint density at radius 1 is 1.09 bits per heavy atom. The van der Waals surface area contributed by atoms with Crippen molar-refractivity contribution in [3.05, 3.63) is 16.6 Å². The number of rotatable bonds is 9. The van der Waals surface area contributed by atoms with Crippen molar-refractivity contribution in [3.63, 3.8) is 0 Å². The highest BCUT2D eigenvalue weighted by Crippen LogP contribution is 2.35. The third kappa shape index (κ3) is 5.97. The van der Waals surface area contributed by atoms with Crippen molar-refractivity contribution in [2.75, 3.05) is 14.2 Å². The monoisotopic (exact) mass is 407 g/mol. The highest BCUT2D eigenvalue weighted by Gasteiger charge is 2.23. The van der Waals surface area contributed by atoms with Crippen LogP contribution in [-0.4, -0.2) is 28.7 Å². The molecule has 0 aliphatic heterocycles. The van der Waals surface area contributed by atoms with Gasteiger partial charge in [-0.05, 0) is 41.3 Å². The Morgan fingerprint density at radius 3 is 2.17 bits per heavy atom. The molecule has 0 radical (unpaired) electrons. The van der Waals surface area contributed by atoms with E-state index in [9.17, 15) is 8.42 Å². The summed E-state index contributed by atoms with van der Waals surface area (Å²) in [5.74, 6) is 1.48. The third-order valence-corrected chi connectivity index (χ3v) is 6.05. The van der Waals surface area contributed by atoms with Gasteiger partial charge in [-0.1, -0.05) is 26.7 Å². The lowest BCUT2D eigenvalue weighted by atomic mass is 10.0. The zero-order chi connectivity index (χ0) is 17.6. The summed E-state index contributed by atoms with van der Waals surface area (Å²) < 4.78 is 38.7. The Bertz CT molecular complexity index is 617. The summed E-state index contributed by atoms with van der Waals surface area (Å²) in [5, 5.41) is 0. The summed E-state index contributed by atoms with van der Waals surface area (Å²) in [6, 6.07) is 2.93. The first-order chi connectivity index (χ1) is 10.7. The largest absolute Gasteiger partial charge is 0.493 e. The van der Waals surface area contributed by atoms with Gasteiger partial charge in [0.15, 0.2) is 11.5 Å². The predicted molar refractivity (Wildman–Crippen MR) is 95.7 cm³/mol. The molecule has 1 atom stereocenters. The van der Waals surface area contributed by atoms with Crippen molar-refractivity contribution in [2.45, 2.75) is 51.0 Å². The normalized spacial score (nSPS) is 13.2. The van der Waals surface area contributed by atoms with E-state index in [1.54, 1.807) is 6.07 Å². The maximum atomic E-state index is 12.6. The van der Waals surface area contributed by atoms with E-state index in [1.807, 2.05) is 6.92 Å². The molecule has 1 aromatic rings. The Labute approximate surface area is 147 Å². The summed E-state index contributed by atoms with van der Waals surface area (Å²) in [6.45, 7) is 6.21. The zero-order valence-electron chi connectivity index (χ0n) is 14.3. The lowest BCUT2D eigenvalue weighted by molar-refractivity contribution is 0.353. The molecular weight excluding hydrogens is 382 g/mol. The Morgan fingerprint density at radius 2 is 1.65 bits per heavy atom. The van der Waals surface area contributed by atoms with Gasteiger partial charge in [0.1, 0.15) is 4.90 Å². The number of halogens is 1. The fraction of sp³-hybridized carbons (Fsp3) is 0.625. The van der Waals surface area contributed by atoms with Crippen LogP contribution in [0.3, 0.4) is 0 Å². The quantitative estimate of drug-likeness (QED) is 0.672. The molecular formula is C16H26BrNO4S. The minimum atomic E-state index is -3.63. The van der Waals surface area contributed by atoms with Gasteiger partial charge < -0.3 is 9.47 Å². The van der Waals surface area contributed by atoms with Gasteiger partial charge in [0.2, 0.25) is 10.0 Å². The average Bonchev–Trinajstić information content (AvgIpc) is 2.45. The van der Waals surface area contributed by atoms with Crippen LogP contribution in [0.4, 0.5) is 0 Å². The van der Waals surface area contributed by atoms with Crippen molar-refractivity contribution in [3.8, 4) is 11.5 Å². The number of methoxy groups -OCH3 is 2. The number of sulfonamides is 1. The summed E-state index contributed by atoms with van der Waals surface area (Å²) in [5.41, 5.74) is 0. The van der Waals surface area contributed by atoms with Gasteiger partial charge in [0, 0.05) is 16.6 Å². The van der Waals surface area contributed by atoms with Crippen molar-refractivity contribution in [1.82, 2.24) is 4.72 Å². The molecule has 5 nitrogen and oxygen atoms in total. The number of hydrogen-bond donors (Lipinski definition) is 1. The fourth-order valence-electron chi connectivity index (χ4n) is 2.26. The second-order valence-electron chi connectivity index (χ2n) is 5.98. The predicted octanol–water partition coefficient (Wildman–Crippen LogP) is 3.96. The Kier molecular flexibility index (Phi) is 7.83. The molecule has 1 aromatic carbocycles. The van der Waals surface area contributed by atoms with E-state index in [-0.39, 0.29) is 10.9 Å². The molecule has 23 heavy (non-hydrogen) atoms. The third-order valence-electron chi connectivity index (χ3n) is 3.50. The van der Waals surface area contributed by atoms with Crippen LogP contribution in [-0.2, 0) is 10.0 Å². The van der Waals surface area contributed by atoms with E-state index < -0.39 is 10.0 Å². The van der Waals surface area contributed by atoms with E-state index in [4.69, 9.17) is 9.47 Å². The van der Waals surface area contributed by atoms with Crippen LogP contribution in [0.25, 0.3) is 0 Å². The topological polar surface area (TPSA) is 64.6 Å². The van der Waals surface area contributed by atoms with Crippen LogP contribution in [0.2, 0.25) is 0 Å². The molecule has 0 bridgehead atoms. The van der Waals surface area contributed by atoms with Gasteiger partial charge in [-0.25, -0.2) is 13.1 Å². The maximum Gasteiger partial charge on any atom is 0.242 e. The Hall–Kier alpha value is -0.790.